The smallest absolute Gasteiger partial charge is 0.405 e. The number of amides is 1. The molecule has 1 amide bonds. The molecule has 0 atom stereocenters. The predicted octanol–water partition coefficient (Wildman–Crippen LogP) is 5.88. The molecule has 0 fully saturated rings. The number of primary amides is 1. The van der Waals surface area contributed by atoms with Gasteiger partial charge in [-0.05, 0) is 82.8 Å². The average Bonchev–Trinajstić information content (AvgIpc) is 2.72. The number of rotatable bonds is 8. The Morgan fingerprint density at radius 1 is 1.06 bits per heavy atom. The molecular formula is C26H43N3O3S. The second kappa shape index (κ2) is 17.3. The first-order chi connectivity index (χ1) is 15.5. The largest absolute Gasteiger partial charge is 0.497 e. The first-order valence-corrected chi connectivity index (χ1v) is 12.0. The van der Waals surface area contributed by atoms with E-state index in [-0.39, 0.29) is 0 Å². The summed E-state index contributed by atoms with van der Waals surface area (Å²) in [5, 5.41) is 0. The van der Waals surface area contributed by atoms with Gasteiger partial charge >= 0.3 is 6.09 Å². The van der Waals surface area contributed by atoms with Crippen LogP contribution in [0.15, 0.2) is 59.5 Å². The Hall–Kier alpha value is -2.22. The van der Waals surface area contributed by atoms with Crippen LogP contribution in [0.3, 0.4) is 0 Å². The summed E-state index contributed by atoms with van der Waals surface area (Å²) in [6.07, 6.45) is 0.313. The molecule has 33 heavy (non-hydrogen) atoms. The van der Waals surface area contributed by atoms with E-state index < -0.39 is 11.7 Å². The maximum Gasteiger partial charge on any atom is 0.405 e. The summed E-state index contributed by atoms with van der Waals surface area (Å²) < 4.78 is 12.1. The normalized spacial score (nSPS) is 10.6. The SMILES string of the molecule is CC(C)(C)OC(N)=O.COc1ccc(SN(CCCN)CC(C)C)cc1.Cc1ccccc1. The Morgan fingerprint density at radius 2 is 1.64 bits per heavy atom. The summed E-state index contributed by atoms with van der Waals surface area (Å²) in [5.74, 6) is 1.56. The molecule has 0 aliphatic carbocycles. The predicted molar refractivity (Wildman–Crippen MR) is 141 cm³/mol. The van der Waals surface area contributed by atoms with Crippen molar-refractivity contribution in [1.29, 1.82) is 0 Å². The Balaban J connectivity index is 0.000000560. The Kier molecular flexibility index (Phi) is 16.1. The molecule has 7 heteroatoms. The van der Waals surface area contributed by atoms with Gasteiger partial charge in [0, 0.05) is 18.0 Å². The van der Waals surface area contributed by atoms with Crippen LogP contribution in [0.2, 0.25) is 0 Å². The summed E-state index contributed by atoms with van der Waals surface area (Å²) in [6, 6.07) is 18.5. The Bertz CT molecular complexity index is 748. The van der Waals surface area contributed by atoms with E-state index in [1.54, 1.807) is 39.8 Å². The molecule has 2 aromatic carbocycles. The lowest BCUT2D eigenvalue weighted by molar-refractivity contribution is 0.0600. The number of aryl methyl sites for hydroxylation is 1. The zero-order valence-corrected chi connectivity index (χ0v) is 22.2. The lowest BCUT2D eigenvalue weighted by atomic mass is 10.2. The number of nitrogens with two attached hydrogens (primary N) is 2. The van der Waals surface area contributed by atoms with E-state index >= 15 is 0 Å². The monoisotopic (exact) mass is 477 g/mol. The molecule has 0 radical (unpaired) electrons. The van der Waals surface area contributed by atoms with Crippen molar-refractivity contribution in [3.05, 3.63) is 60.2 Å². The van der Waals surface area contributed by atoms with Gasteiger partial charge in [0.2, 0.25) is 0 Å². The third-order valence-corrected chi connectivity index (χ3v) is 4.89. The van der Waals surface area contributed by atoms with Gasteiger partial charge in [0.1, 0.15) is 11.4 Å². The Labute approximate surface area is 205 Å². The van der Waals surface area contributed by atoms with E-state index in [2.05, 4.69) is 54.1 Å². The van der Waals surface area contributed by atoms with Crippen molar-refractivity contribution in [1.82, 2.24) is 4.31 Å². The maximum absolute atomic E-state index is 10.0. The highest BCUT2D eigenvalue weighted by Crippen LogP contribution is 2.25. The minimum absolute atomic E-state index is 0.453. The molecule has 0 saturated heterocycles. The van der Waals surface area contributed by atoms with E-state index in [1.807, 2.05) is 30.3 Å². The minimum Gasteiger partial charge on any atom is -0.497 e. The molecule has 6 nitrogen and oxygen atoms in total. The van der Waals surface area contributed by atoms with Gasteiger partial charge in [0.05, 0.1) is 7.11 Å². The Morgan fingerprint density at radius 3 is 1.97 bits per heavy atom. The molecule has 2 aromatic rings. The standard InChI is InChI=1S/C14H24N2OS.C7H8.C5H11NO2/c1-12(2)11-16(10-4-9-15)18-14-7-5-13(17-3)6-8-14;1-7-5-3-2-4-6-7;1-5(2,3)8-4(6)7/h5-8,12H,4,9-11,15H2,1-3H3;2-6H,1H3;1-3H3,(H2,6,7). The van der Waals surface area contributed by atoms with Gasteiger partial charge < -0.3 is 20.9 Å². The highest BCUT2D eigenvalue weighted by atomic mass is 32.2. The first kappa shape index (κ1) is 30.8. The van der Waals surface area contributed by atoms with Crippen molar-refractivity contribution >= 4 is 18.0 Å². The molecular weight excluding hydrogens is 434 g/mol. The van der Waals surface area contributed by atoms with Crippen molar-refractivity contribution in [3.63, 3.8) is 0 Å². The van der Waals surface area contributed by atoms with Crippen LogP contribution < -0.4 is 16.2 Å². The van der Waals surface area contributed by atoms with Gasteiger partial charge in [0.15, 0.2) is 0 Å². The van der Waals surface area contributed by atoms with E-state index in [4.69, 9.17) is 16.2 Å². The molecule has 0 unspecified atom stereocenters. The molecule has 4 N–H and O–H groups in total. The lowest BCUT2D eigenvalue weighted by Crippen LogP contribution is -2.27. The fraction of sp³-hybridized carbons (Fsp3) is 0.500. The summed E-state index contributed by atoms with van der Waals surface area (Å²) in [5.41, 5.74) is 11.2. The van der Waals surface area contributed by atoms with Crippen LogP contribution in [0.5, 0.6) is 5.75 Å². The van der Waals surface area contributed by atoms with Crippen molar-refractivity contribution in [2.75, 3.05) is 26.7 Å². The highest BCUT2D eigenvalue weighted by molar-refractivity contribution is 7.97. The molecule has 0 heterocycles. The number of benzene rings is 2. The molecule has 0 aliphatic rings. The number of ether oxygens (including phenoxy) is 2. The second-order valence-corrected chi connectivity index (χ2v) is 10.0. The van der Waals surface area contributed by atoms with Crippen molar-refractivity contribution in [2.45, 2.75) is 58.5 Å². The molecule has 0 aromatic heterocycles. The van der Waals surface area contributed by atoms with E-state index in [0.29, 0.717) is 5.92 Å². The number of hydrogen-bond donors (Lipinski definition) is 2. The quantitative estimate of drug-likeness (QED) is 0.461. The summed E-state index contributed by atoms with van der Waals surface area (Å²) >= 11 is 1.80. The van der Waals surface area contributed by atoms with Crippen LogP contribution >= 0.6 is 11.9 Å². The van der Waals surface area contributed by atoms with Crippen LogP contribution in [0.25, 0.3) is 0 Å². The lowest BCUT2D eigenvalue weighted by Gasteiger charge is -2.22. The van der Waals surface area contributed by atoms with Gasteiger partial charge in [-0.25, -0.2) is 9.10 Å². The van der Waals surface area contributed by atoms with E-state index in [9.17, 15) is 4.79 Å². The molecule has 186 valence electrons. The van der Waals surface area contributed by atoms with Gasteiger partial charge in [0.25, 0.3) is 0 Å². The van der Waals surface area contributed by atoms with Crippen LogP contribution in [0, 0.1) is 12.8 Å². The first-order valence-electron chi connectivity index (χ1n) is 11.2. The maximum atomic E-state index is 10.0. The van der Waals surface area contributed by atoms with Crippen LogP contribution in [-0.4, -0.2) is 42.7 Å². The molecule has 2 rings (SSSR count). The fourth-order valence-electron chi connectivity index (χ4n) is 2.47. The number of nitrogens with zero attached hydrogens (tertiary/aromatic N) is 1. The van der Waals surface area contributed by atoms with Crippen molar-refractivity contribution in [3.8, 4) is 5.75 Å². The van der Waals surface area contributed by atoms with Crippen molar-refractivity contribution in [2.24, 2.45) is 17.4 Å². The van der Waals surface area contributed by atoms with Gasteiger partial charge in [-0.15, -0.1) is 0 Å². The third-order valence-electron chi connectivity index (χ3n) is 3.82. The molecule has 0 spiro atoms. The number of carbonyl (C=O) groups excluding carboxylic acids is 1. The van der Waals surface area contributed by atoms with Gasteiger partial charge in [-0.2, -0.15) is 0 Å². The summed E-state index contributed by atoms with van der Waals surface area (Å²) in [4.78, 5) is 11.3. The van der Waals surface area contributed by atoms with Gasteiger partial charge in [-0.3, -0.25) is 0 Å². The summed E-state index contributed by atoms with van der Waals surface area (Å²) in [7, 11) is 1.69. The third kappa shape index (κ3) is 19.0. The number of methoxy groups -OCH3 is 1. The molecule has 0 bridgehead atoms. The fourth-order valence-corrected chi connectivity index (χ4v) is 3.62. The zero-order valence-electron chi connectivity index (χ0n) is 21.3. The topological polar surface area (TPSA) is 90.8 Å². The zero-order chi connectivity index (χ0) is 25.3. The number of carbonyl (C=O) groups is 1. The van der Waals surface area contributed by atoms with E-state index in [1.165, 1.54) is 10.5 Å². The van der Waals surface area contributed by atoms with Crippen LogP contribution in [0.4, 0.5) is 4.79 Å². The van der Waals surface area contributed by atoms with Crippen molar-refractivity contribution < 1.29 is 14.3 Å². The highest BCUT2D eigenvalue weighted by Gasteiger charge is 2.12. The minimum atomic E-state index is -0.725. The molecule has 0 saturated carbocycles. The van der Waals surface area contributed by atoms with E-state index in [0.717, 1.165) is 31.8 Å². The average molecular weight is 478 g/mol. The van der Waals surface area contributed by atoms with Crippen LogP contribution in [-0.2, 0) is 4.74 Å². The van der Waals surface area contributed by atoms with Gasteiger partial charge in [-0.1, -0.05) is 49.7 Å². The second-order valence-electron chi connectivity index (χ2n) is 8.88. The summed E-state index contributed by atoms with van der Waals surface area (Å²) in [6.45, 7) is 14.7. The molecule has 0 aliphatic heterocycles. The number of hydrogen-bond acceptors (Lipinski definition) is 6. The van der Waals surface area contributed by atoms with Crippen LogP contribution in [0.1, 0.15) is 46.6 Å².